The van der Waals surface area contributed by atoms with E-state index >= 15 is 0 Å². The topological polar surface area (TPSA) is 92.8 Å². The van der Waals surface area contributed by atoms with Gasteiger partial charge in [0.15, 0.2) is 6.61 Å². The van der Waals surface area contributed by atoms with Crippen molar-refractivity contribution in [3.63, 3.8) is 0 Å². The van der Waals surface area contributed by atoms with Gasteiger partial charge in [0.25, 0.3) is 5.91 Å². The third kappa shape index (κ3) is 4.53. The average Bonchev–Trinajstić information content (AvgIpc) is 3.04. The summed E-state index contributed by atoms with van der Waals surface area (Å²) in [6, 6.07) is 11.9. The number of esters is 1. The Morgan fingerprint density at radius 3 is 2.39 bits per heavy atom. The minimum absolute atomic E-state index is 0.177. The number of hydrogen-bond donors (Lipinski definition) is 1. The Labute approximate surface area is 193 Å². The maximum atomic E-state index is 13.0. The number of para-hydroxylation sites is 1. The zero-order valence-electron chi connectivity index (χ0n) is 19.1. The summed E-state index contributed by atoms with van der Waals surface area (Å²) in [6.07, 6.45) is 2.36. The van der Waals surface area contributed by atoms with Crippen molar-refractivity contribution in [3.8, 4) is 0 Å². The second-order valence-electron chi connectivity index (χ2n) is 9.08. The number of nitrogens with zero attached hydrogens (tertiary/aromatic N) is 1. The SMILES string of the molecule is Cc1cccc(C)c1NC(=O)COC(=O)c1cccc(N2C(=O)[C@H]3C[C@H](C)CC[C@H]3C2=O)c1. The lowest BCUT2D eigenvalue weighted by atomic mass is 9.76. The number of aryl methyl sites for hydroxylation is 2. The zero-order chi connectivity index (χ0) is 23.7. The number of rotatable bonds is 5. The normalized spacial score (nSPS) is 22.2. The van der Waals surface area contributed by atoms with Gasteiger partial charge in [0.1, 0.15) is 0 Å². The molecule has 0 bridgehead atoms. The highest BCUT2D eigenvalue weighted by Gasteiger charge is 2.50. The molecule has 2 fully saturated rings. The van der Waals surface area contributed by atoms with Crippen LogP contribution in [0.1, 0.15) is 47.7 Å². The van der Waals surface area contributed by atoms with E-state index in [1.807, 2.05) is 32.0 Å². The molecule has 7 heteroatoms. The van der Waals surface area contributed by atoms with Crippen LogP contribution in [0, 0.1) is 31.6 Å². The lowest BCUT2D eigenvalue weighted by molar-refractivity contribution is -0.122. The summed E-state index contributed by atoms with van der Waals surface area (Å²) in [5.41, 5.74) is 3.06. The van der Waals surface area contributed by atoms with E-state index in [2.05, 4.69) is 12.2 Å². The summed E-state index contributed by atoms with van der Waals surface area (Å²) < 4.78 is 5.18. The first-order valence-corrected chi connectivity index (χ1v) is 11.3. The van der Waals surface area contributed by atoms with Gasteiger partial charge < -0.3 is 10.1 Å². The van der Waals surface area contributed by atoms with Crippen molar-refractivity contribution in [2.24, 2.45) is 17.8 Å². The van der Waals surface area contributed by atoms with Gasteiger partial charge in [0.2, 0.25) is 11.8 Å². The quantitative estimate of drug-likeness (QED) is 0.551. The van der Waals surface area contributed by atoms with Crippen molar-refractivity contribution in [1.29, 1.82) is 0 Å². The third-order valence-corrected chi connectivity index (χ3v) is 6.61. The van der Waals surface area contributed by atoms with E-state index in [0.717, 1.165) is 17.5 Å². The molecule has 7 nitrogen and oxygen atoms in total. The van der Waals surface area contributed by atoms with E-state index in [1.54, 1.807) is 12.1 Å². The van der Waals surface area contributed by atoms with Crippen LogP contribution >= 0.6 is 0 Å². The van der Waals surface area contributed by atoms with E-state index in [1.165, 1.54) is 17.0 Å². The number of benzene rings is 2. The number of nitrogens with one attached hydrogen (secondary N) is 1. The standard InChI is InChI=1S/C26H28N2O5/c1-15-10-11-20-21(12-15)25(31)28(24(20)30)19-9-5-8-18(13-19)26(32)33-14-22(29)27-23-16(2)6-4-7-17(23)3/h4-9,13,15,20-21H,10-12,14H2,1-3H3,(H,27,29)/t15-,20-,21+/m1/s1. The van der Waals surface area contributed by atoms with Gasteiger partial charge in [-0.15, -0.1) is 0 Å². The lowest BCUT2D eigenvalue weighted by Gasteiger charge is -2.25. The molecule has 0 unspecified atom stereocenters. The Kier molecular flexibility index (Phi) is 6.31. The molecule has 33 heavy (non-hydrogen) atoms. The van der Waals surface area contributed by atoms with Crippen LogP contribution in [0.25, 0.3) is 0 Å². The van der Waals surface area contributed by atoms with Crippen molar-refractivity contribution in [2.45, 2.75) is 40.0 Å². The molecule has 2 aliphatic rings. The van der Waals surface area contributed by atoms with Crippen molar-refractivity contribution in [2.75, 3.05) is 16.8 Å². The number of fused-ring (bicyclic) bond motifs is 1. The predicted molar refractivity (Wildman–Crippen MR) is 124 cm³/mol. The Morgan fingerprint density at radius 1 is 1.00 bits per heavy atom. The van der Waals surface area contributed by atoms with Crippen LogP contribution in [0.5, 0.6) is 0 Å². The summed E-state index contributed by atoms with van der Waals surface area (Å²) in [4.78, 5) is 51.9. The largest absolute Gasteiger partial charge is 0.452 e. The molecule has 3 amide bonds. The molecule has 1 aliphatic carbocycles. The number of carbonyl (C=O) groups is 4. The molecule has 4 rings (SSSR count). The monoisotopic (exact) mass is 448 g/mol. The molecule has 0 spiro atoms. The number of carbonyl (C=O) groups excluding carboxylic acids is 4. The molecule has 0 aromatic heterocycles. The van der Waals surface area contributed by atoms with E-state index < -0.39 is 18.5 Å². The van der Waals surface area contributed by atoms with Crippen LogP contribution in [0.15, 0.2) is 42.5 Å². The number of amides is 3. The number of ether oxygens (including phenoxy) is 1. The molecular weight excluding hydrogens is 420 g/mol. The van der Waals surface area contributed by atoms with Gasteiger partial charge in [-0.3, -0.25) is 19.3 Å². The zero-order valence-corrected chi connectivity index (χ0v) is 19.1. The predicted octanol–water partition coefficient (Wildman–Crippen LogP) is 4.02. The molecule has 1 aliphatic heterocycles. The van der Waals surface area contributed by atoms with Crippen LogP contribution in [-0.4, -0.2) is 30.3 Å². The highest BCUT2D eigenvalue weighted by molar-refractivity contribution is 6.22. The van der Waals surface area contributed by atoms with Gasteiger partial charge in [0.05, 0.1) is 23.1 Å². The van der Waals surface area contributed by atoms with Gasteiger partial charge in [0, 0.05) is 5.69 Å². The Hall–Kier alpha value is -3.48. The highest BCUT2D eigenvalue weighted by atomic mass is 16.5. The first kappa shape index (κ1) is 22.7. The number of hydrogen-bond acceptors (Lipinski definition) is 5. The molecule has 2 aromatic carbocycles. The second-order valence-corrected chi connectivity index (χ2v) is 9.08. The summed E-state index contributed by atoms with van der Waals surface area (Å²) in [6.45, 7) is 5.43. The second kappa shape index (κ2) is 9.17. The molecule has 1 saturated carbocycles. The Bertz CT molecular complexity index is 1110. The number of anilines is 2. The average molecular weight is 449 g/mol. The number of imide groups is 1. The Morgan fingerprint density at radius 2 is 1.67 bits per heavy atom. The molecule has 172 valence electrons. The van der Waals surface area contributed by atoms with Crippen LogP contribution < -0.4 is 10.2 Å². The molecule has 0 radical (unpaired) electrons. The molecule has 1 N–H and O–H groups in total. The molecular formula is C26H28N2O5. The van der Waals surface area contributed by atoms with Crippen molar-refractivity contribution in [3.05, 3.63) is 59.2 Å². The summed E-state index contributed by atoms with van der Waals surface area (Å²) in [5, 5.41) is 2.77. The van der Waals surface area contributed by atoms with Crippen molar-refractivity contribution >= 4 is 35.1 Å². The van der Waals surface area contributed by atoms with E-state index in [4.69, 9.17) is 4.74 Å². The van der Waals surface area contributed by atoms with Crippen molar-refractivity contribution in [1.82, 2.24) is 0 Å². The minimum atomic E-state index is -0.696. The van der Waals surface area contributed by atoms with Gasteiger partial charge in [-0.1, -0.05) is 31.2 Å². The van der Waals surface area contributed by atoms with Crippen molar-refractivity contribution < 1.29 is 23.9 Å². The van der Waals surface area contributed by atoms with E-state index in [9.17, 15) is 19.2 Å². The smallest absolute Gasteiger partial charge is 0.338 e. The fourth-order valence-electron chi connectivity index (χ4n) is 4.82. The Balaban J connectivity index is 1.42. The highest BCUT2D eigenvalue weighted by Crippen LogP contribution is 2.42. The maximum Gasteiger partial charge on any atom is 0.338 e. The van der Waals surface area contributed by atoms with Crippen LogP contribution in [0.2, 0.25) is 0 Å². The lowest BCUT2D eigenvalue weighted by Crippen LogP contribution is -2.31. The van der Waals surface area contributed by atoms with Gasteiger partial charge in [-0.05, 0) is 68.4 Å². The van der Waals surface area contributed by atoms with Gasteiger partial charge in [-0.2, -0.15) is 0 Å². The fourth-order valence-corrected chi connectivity index (χ4v) is 4.82. The summed E-state index contributed by atoms with van der Waals surface area (Å²) in [5.74, 6) is -1.69. The molecule has 3 atom stereocenters. The van der Waals surface area contributed by atoms with Crippen LogP contribution in [-0.2, 0) is 19.1 Å². The molecule has 2 aromatic rings. The van der Waals surface area contributed by atoms with Gasteiger partial charge in [-0.25, -0.2) is 4.79 Å². The molecule has 1 heterocycles. The van der Waals surface area contributed by atoms with Crippen LogP contribution in [0.3, 0.4) is 0 Å². The summed E-state index contributed by atoms with van der Waals surface area (Å²) in [7, 11) is 0. The van der Waals surface area contributed by atoms with Gasteiger partial charge >= 0.3 is 5.97 Å². The minimum Gasteiger partial charge on any atom is -0.452 e. The third-order valence-electron chi connectivity index (χ3n) is 6.61. The van der Waals surface area contributed by atoms with E-state index in [-0.39, 0.29) is 29.2 Å². The fraction of sp³-hybridized carbons (Fsp3) is 0.385. The summed E-state index contributed by atoms with van der Waals surface area (Å²) >= 11 is 0. The molecule has 1 saturated heterocycles. The first-order valence-electron chi connectivity index (χ1n) is 11.3. The first-order chi connectivity index (χ1) is 15.8. The van der Waals surface area contributed by atoms with E-state index in [0.29, 0.717) is 30.1 Å². The maximum absolute atomic E-state index is 13.0. The van der Waals surface area contributed by atoms with Crippen LogP contribution in [0.4, 0.5) is 11.4 Å².